The van der Waals surface area contributed by atoms with Gasteiger partial charge < -0.3 is 36.7 Å². The quantitative estimate of drug-likeness (QED) is 0.0792. The van der Waals surface area contributed by atoms with E-state index in [0.29, 0.717) is 54.9 Å². The third-order valence-corrected chi connectivity index (χ3v) is 9.74. The van der Waals surface area contributed by atoms with Gasteiger partial charge >= 0.3 is 0 Å². The first kappa shape index (κ1) is 39.7. The van der Waals surface area contributed by atoms with Crippen molar-refractivity contribution in [3.63, 3.8) is 0 Å². The van der Waals surface area contributed by atoms with E-state index < -0.39 is 24.2 Å². The van der Waals surface area contributed by atoms with Crippen LogP contribution in [0.3, 0.4) is 0 Å². The summed E-state index contributed by atoms with van der Waals surface area (Å²) in [4.78, 5) is 32.0. The minimum absolute atomic E-state index is 0.0743. The first-order valence-corrected chi connectivity index (χ1v) is 18.7. The Balaban J connectivity index is 1.23. The van der Waals surface area contributed by atoms with Crippen LogP contribution in [-0.2, 0) is 11.3 Å². The molecule has 1 amide bonds. The molecule has 1 fully saturated rings. The molecule has 1 unspecified atom stereocenters. The first-order valence-electron chi connectivity index (χ1n) is 18.7. The van der Waals surface area contributed by atoms with E-state index in [4.69, 9.17) is 26.9 Å². The number of carbonyl (C=O) groups is 1. The van der Waals surface area contributed by atoms with Crippen molar-refractivity contribution in [3.05, 3.63) is 54.5 Å². The highest BCUT2D eigenvalue weighted by molar-refractivity contribution is 5.81. The Morgan fingerprint density at radius 1 is 1.04 bits per heavy atom. The summed E-state index contributed by atoms with van der Waals surface area (Å²) in [7, 11) is 0. The standard InChI is InChI=1S/C38H53F3N10O2/c1-26(42)11-8-6-4-2-3-5-7-9-15-45-34(52)22-53-32-18-27(12-13-29(32)39)30-17-28(21-51-25-49-35-36(43)47-24-48-37(35)51)31(20-46-30)50-16-10-14-38(44,23-50)19-33(40)41/h12-13,17-18,20,24-26,33H,2-11,14-16,19,21-23,42,44H2,1H3,(H,45,52)(H2,43,47,48)/t26-,38?/m0/s1. The highest BCUT2D eigenvalue weighted by atomic mass is 19.3. The number of benzene rings is 1. The third-order valence-electron chi connectivity index (χ3n) is 9.74. The summed E-state index contributed by atoms with van der Waals surface area (Å²) in [5, 5.41) is 2.86. The van der Waals surface area contributed by atoms with Crippen LogP contribution in [0.1, 0.15) is 89.5 Å². The highest BCUT2D eigenvalue weighted by Gasteiger charge is 2.35. The molecule has 5 rings (SSSR count). The zero-order valence-electron chi connectivity index (χ0n) is 30.6. The van der Waals surface area contributed by atoms with Crippen LogP contribution in [0.5, 0.6) is 5.75 Å². The fourth-order valence-electron chi connectivity index (χ4n) is 6.94. The SMILES string of the molecule is C[C@H](N)CCCCCCCCCCNC(=O)COc1cc(-c2cc(Cn3cnc4c(N)ncnc43)c(N3CCCC(N)(CC(F)F)C3)cn2)ccc1F. The van der Waals surface area contributed by atoms with Crippen molar-refractivity contribution in [3.8, 4) is 17.0 Å². The Labute approximate surface area is 309 Å². The molecule has 4 heterocycles. The second-order valence-electron chi connectivity index (χ2n) is 14.4. The van der Waals surface area contributed by atoms with Gasteiger partial charge in [0.2, 0.25) is 6.43 Å². The molecule has 2 atom stereocenters. The zero-order chi connectivity index (χ0) is 37.8. The lowest BCUT2D eigenvalue weighted by Gasteiger charge is -2.42. The Kier molecular flexibility index (Phi) is 14.2. The van der Waals surface area contributed by atoms with Gasteiger partial charge in [-0.1, -0.05) is 44.9 Å². The van der Waals surface area contributed by atoms with E-state index in [1.54, 1.807) is 18.6 Å². The summed E-state index contributed by atoms with van der Waals surface area (Å²) in [5.41, 5.74) is 20.8. The van der Waals surface area contributed by atoms with Gasteiger partial charge in [0.25, 0.3) is 5.91 Å². The van der Waals surface area contributed by atoms with Gasteiger partial charge in [-0.05, 0) is 62.4 Å². The Morgan fingerprint density at radius 3 is 2.55 bits per heavy atom. The number of aromatic nitrogens is 5. The van der Waals surface area contributed by atoms with Gasteiger partial charge in [-0.3, -0.25) is 9.78 Å². The second kappa shape index (κ2) is 19.0. The van der Waals surface area contributed by atoms with Crippen LogP contribution < -0.4 is 32.2 Å². The van der Waals surface area contributed by atoms with Crippen molar-refractivity contribution >= 4 is 28.6 Å². The smallest absolute Gasteiger partial charge is 0.257 e. The maximum absolute atomic E-state index is 14.9. The van der Waals surface area contributed by atoms with E-state index in [-0.39, 0.29) is 36.7 Å². The number of amides is 1. The van der Waals surface area contributed by atoms with Crippen molar-refractivity contribution in [2.45, 2.75) is 109 Å². The van der Waals surface area contributed by atoms with Crippen LogP contribution in [0.2, 0.25) is 0 Å². The summed E-state index contributed by atoms with van der Waals surface area (Å²) >= 11 is 0. The minimum Gasteiger partial charge on any atom is -0.481 e. The fraction of sp³-hybridized carbons (Fsp3) is 0.553. The van der Waals surface area contributed by atoms with Crippen molar-refractivity contribution in [1.82, 2.24) is 29.8 Å². The molecule has 0 radical (unpaired) electrons. The van der Waals surface area contributed by atoms with Gasteiger partial charge in [-0.15, -0.1) is 0 Å². The molecule has 288 valence electrons. The number of nitrogens with one attached hydrogen (secondary N) is 1. The number of piperidine rings is 1. The fourth-order valence-corrected chi connectivity index (χ4v) is 6.94. The number of fused-ring (bicyclic) bond motifs is 1. The number of hydrogen-bond donors (Lipinski definition) is 4. The number of carbonyl (C=O) groups excluding carboxylic acids is 1. The molecule has 15 heteroatoms. The average molecular weight is 739 g/mol. The number of ether oxygens (including phenoxy) is 1. The number of imidazole rings is 1. The molecule has 3 aromatic heterocycles. The van der Waals surface area contributed by atoms with Crippen molar-refractivity contribution in [1.29, 1.82) is 0 Å². The molecule has 4 aromatic rings. The average Bonchev–Trinajstić information content (AvgIpc) is 3.53. The first-order chi connectivity index (χ1) is 25.5. The van der Waals surface area contributed by atoms with Crippen LogP contribution in [0.4, 0.5) is 24.7 Å². The molecular weight excluding hydrogens is 685 g/mol. The Hall–Kier alpha value is -4.50. The summed E-state index contributed by atoms with van der Waals surface area (Å²) in [6, 6.07) is 6.51. The molecule has 0 bridgehead atoms. The number of halogens is 3. The van der Waals surface area contributed by atoms with E-state index in [1.807, 2.05) is 22.5 Å². The number of pyridine rings is 1. The zero-order valence-corrected chi connectivity index (χ0v) is 30.6. The number of unbranched alkanes of at least 4 members (excludes halogenated alkanes) is 7. The molecule has 1 aromatic carbocycles. The molecule has 1 saturated heterocycles. The third kappa shape index (κ3) is 11.5. The molecular formula is C38H53F3N10O2. The topological polar surface area (TPSA) is 176 Å². The normalized spacial score (nSPS) is 16.7. The number of nitrogens with two attached hydrogens (primary N) is 3. The number of nitrogens with zero attached hydrogens (tertiary/aromatic N) is 6. The molecule has 1 aliphatic rings. The van der Waals surface area contributed by atoms with Gasteiger partial charge in [-0.2, -0.15) is 0 Å². The number of alkyl halides is 2. The van der Waals surface area contributed by atoms with E-state index in [9.17, 15) is 18.0 Å². The van der Waals surface area contributed by atoms with Crippen LogP contribution in [-0.4, -0.2) is 74.7 Å². The van der Waals surface area contributed by atoms with E-state index in [0.717, 1.165) is 36.9 Å². The van der Waals surface area contributed by atoms with Crippen LogP contribution in [0.15, 0.2) is 43.1 Å². The predicted molar refractivity (Wildman–Crippen MR) is 201 cm³/mol. The lowest BCUT2D eigenvalue weighted by molar-refractivity contribution is -0.123. The van der Waals surface area contributed by atoms with Gasteiger partial charge in [0, 0.05) is 43.2 Å². The van der Waals surface area contributed by atoms with Gasteiger partial charge in [-0.25, -0.2) is 28.1 Å². The maximum atomic E-state index is 14.9. The van der Waals surface area contributed by atoms with Crippen molar-refractivity contribution in [2.75, 3.05) is 36.9 Å². The van der Waals surface area contributed by atoms with E-state index in [1.165, 1.54) is 50.6 Å². The maximum Gasteiger partial charge on any atom is 0.257 e. The summed E-state index contributed by atoms with van der Waals surface area (Å²) in [5.74, 6) is -0.757. The van der Waals surface area contributed by atoms with Crippen LogP contribution >= 0.6 is 0 Å². The van der Waals surface area contributed by atoms with E-state index >= 15 is 0 Å². The largest absolute Gasteiger partial charge is 0.481 e. The molecule has 1 aliphatic heterocycles. The van der Waals surface area contributed by atoms with Crippen molar-refractivity contribution < 1.29 is 22.7 Å². The summed E-state index contributed by atoms with van der Waals surface area (Å²) in [6.07, 6.45) is 13.0. The van der Waals surface area contributed by atoms with Gasteiger partial charge in [0.1, 0.15) is 11.8 Å². The molecule has 53 heavy (non-hydrogen) atoms. The summed E-state index contributed by atoms with van der Waals surface area (Å²) < 4.78 is 49.3. The lowest BCUT2D eigenvalue weighted by Crippen LogP contribution is -2.55. The van der Waals surface area contributed by atoms with Gasteiger partial charge in [0.05, 0.1) is 30.5 Å². The molecule has 0 saturated carbocycles. The monoisotopic (exact) mass is 738 g/mol. The van der Waals surface area contributed by atoms with E-state index in [2.05, 4.69) is 20.3 Å². The van der Waals surface area contributed by atoms with Gasteiger partial charge in [0.15, 0.2) is 29.6 Å². The van der Waals surface area contributed by atoms with Crippen LogP contribution in [0.25, 0.3) is 22.4 Å². The lowest BCUT2D eigenvalue weighted by atomic mass is 9.86. The number of rotatable bonds is 20. The summed E-state index contributed by atoms with van der Waals surface area (Å²) in [6.45, 7) is 3.39. The number of hydrogen-bond acceptors (Lipinski definition) is 10. The number of anilines is 2. The molecule has 7 N–H and O–H groups in total. The van der Waals surface area contributed by atoms with Crippen molar-refractivity contribution in [2.24, 2.45) is 11.5 Å². The second-order valence-corrected chi connectivity index (χ2v) is 14.4. The molecule has 0 aliphatic carbocycles. The Bertz CT molecular complexity index is 1790. The van der Waals surface area contributed by atoms with Crippen LogP contribution in [0, 0.1) is 5.82 Å². The minimum atomic E-state index is -2.52. The Morgan fingerprint density at radius 2 is 1.79 bits per heavy atom. The number of nitrogen functional groups attached to an aromatic ring is 1. The molecule has 0 spiro atoms. The highest BCUT2D eigenvalue weighted by Crippen LogP contribution is 2.34. The molecule has 12 nitrogen and oxygen atoms in total. The predicted octanol–water partition coefficient (Wildman–Crippen LogP) is 5.96.